The molecule has 41 heavy (non-hydrogen) atoms. The summed E-state index contributed by atoms with van der Waals surface area (Å²) >= 11 is 0. The number of amides is 6. The summed E-state index contributed by atoms with van der Waals surface area (Å²) in [5, 5.41) is 5.26. The minimum Gasteiger partial charge on any atom is -0.356 e. The highest BCUT2D eigenvalue weighted by Gasteiger charge is 2.40. The number of ketones is 2. The van der Waals surface area contributed by atoms with Crippen molar-refractivity contribution in [2.75, 3.05) is 19.6 Å². The van der Waals surface area contributed by atoms with Gasteiger partial charge in [0.25, 0.3) is 11.8 Å². The maximum absolute atomic E-state index is 12.3. The van der Waals surface area contributed by atoms with Crippen molar-refractivity contribution in [2.45, 2.75) is 78.6 Å². The van der Waals surface area contributed by atoms with Gasteiger partial charge in [0.05, 0.1) is 13.0 Å². The van der Waals surface area contributed by atoms with Gasteiger partial charge in [0.2, 0.25) is 23.6 Å². The Hall–Kier alpha value is -3.97. The van der Waals surface area contributed by atoms with E-state index in [1.807, 2.05) is 13.8 Å². The fourth-order valence-corrected chi connectivity index (χ4v) is 4.29. The van der Waals surface area contributed by atoms with E-state index < -0.39 is 41.3 Å². The minimum absolute atomic E-state index is 0.0401. The van der Waals surface area contributed by atoms with E-state index in [2.05, 4.69) is 10.6 Å². The first-order chi connectivity index (χ1) is 19.3. The lowest BCUT2D eigenvalue weighted by Crippen LogP contribution is -2.35. The lowest BCUT2D eigenvalue weighted by molar-refractivity contribution is -0.198. The van der Waals surface area contributed by atoms with Crippen LogP contribution < -0.4 is 10.6 Å². The minimum atomic E-state index is -0.866. The van der Waals surface area contributed by atoms with Crippen LogP contribution in [0, 0.1) is 17.8 Å². The molecule has 14 heteroatoms. The molecule has 2 atom stereocenters. The van der Waals surface area contributed by atoms with E-state index in [0.29, 0.717) is 11.5 Å². The number of nitrogens with one attached hydrogen (secondary N) is 2. The average Bonchev–Trinajstić information content (AvgIpc) is 3.33. The molecule has 2 unspecified atom stereocenters. The number of hydroxylamine groups is 2. The molecule has 0 saturated carbocycles. The van der Waals surface area contributed by atoms with Crippen LogP contribution in [0.3, 0.4) is 0 Å². The van der Waals surface area contributed by atoms with Crippen LogP contribution in [0.25, 0.3) is 0 Å². The molecule has 226 valence electrons. The monoisotopic (exact) mass is 578 g/mol. The zero-order chi connectivity index (χ0) is 30.7. The summed E-state index contributed by atoms with van der Waals surface area (Å²) in [7, 11) is 0. The molecule has 0 bridgehead atoms. The maximum atomic E-state index is 12.3. The molecule has 2 fully saturated rings. The third-order valence-corrected chi connectivity index (χ3v) is 6.84. The Morgan fingerprint density at radius 3 is 2.02 bits per heavy atom. The number of rotatable bonds is 17. The highest BCUT2D eigenvalue weighted by molar-refractivity contribution is 6.04. The van der Waals surface area contributed by atoms with Crippen LogP contribution in [0.5, 0.6) is 0 Å². The molecule has 0 aromatic heterocycles. The van der Waals surface area contributed by atoms with Crippen molar-refractivity contribution in [2.24, 2.45) is 17.8 Å². The van der Waals surface area contributed by atoms with Gasteiger partial charge < -0.3 is 15.5 Å². The summed E-state index contributed by atoms with van der Waals surface area (Å²) in [5.41, 5.74) is 0. The first-order valence-corrected chi connectivity index (χ1v) is 13.8. The third-order valence-electron chi connectivity index (χ3n) is 6.84. The zero-order valence-corrected chi connectivity index (χ0v) is 23.7. The summed E-state index contributed by atoms with van der Waals surface area (Å²) in [6, 6.07) is 0. The Kier molecular flexibility index (Phi) is 12.7. The Labute approximate surface area is 237 Å². The molecular formula is C27H38N4O10. The Bertz CT molecular complexity index is 1090. The van der Waals surface area contributed by atoms with E-state index in [4.69, 9.17) is 4.84 Å². The molecule has 2 heterocycles. The van der Waals surface area contributed by atoms with Crippen molar-refractivity contribution in [1.29, 1.82) is 0 Å². The largest absolute Gasteiger partial charge is 0.356 e. The summed E-state index contributed by atoms with van der Waals surface area (Å²) < 4.78 is 0. The van der Waals surface area contributed by atoms with Gasteiger partial charge in [-0.2, -0.15) is 0 Å². The number of Topliss-reactive ketones (excluding diaryl/α,β-unsaturated/α-hetero) is 2. The molecule has 2 rings (SSSR count). The first-order valence-electron chi connectivity index (χ1n) is 13.8. The molecule has 2 aliphatic heterocycles. The molecule has 0 spiro atoms. The highest BCUT2D eigenvalue weighted by Crippen LogP contribution is 2.26. The van der Waals surface area contributed by atoms with E-state index in [-0.39, 0.29) is 100 Å². The third kappa shape index (κ3) is 10.5. The SMILES string of the molecule is CC1CC(=O)N(OC(=O)CCNC(=O)CCC(=O)CNC(=O)CCC(=O)CCCN2C(=O)CC(C(C)C)C2=O)C1=O. The molecule has 0 aromatic rings. The predicted molar refractivity (Wildman–Crippen MR) is 140 cm³/mol. The topological polar surface area (TPSA) is 193 Å². The number of nitrogens with zero attached hydrogens (tertiary/aromatic N) is 2. The molecule has 0 aliphatic carbocycles. The molecule has 0 aromatic carbocycles. The van der Waals surface area contributed by atoms with Gasteiger partial charge in [0.15, 0.2) is 5.78 Å². The maximum Gasteiger partial charge on any atom is 0.334 e. The summed E-state index contributed by atoms with van der Waals surface area (Å²) in [6.45, 7) is 5.06. The van der Waals surface area contributed by atoms with Crippen LogP contribution in [0.2, 0.25) is 0 Å². The lowest BCUT2D eigenvalue weighted by atomic mass is 9.94. The molecule has 14 nitrogen and oxygen atoms in total. The van der Waals surface area contributed by atoms with Gasteiger partial charge in [-0.1, -0.05) is 20.8 Å². The van der Waals surface area contributed by atoms with Crippen LogP contribution in [-0.4, -0.2) is 82.6 Å². The zero-order valence-electron chi connectivity index (χ0n) is 23.7. The van der Waals surface area contributed by atoms with Crippen molar-refractivity contribution < 1.29 is 48.0 Å². The van der Waals surface area contributed by atoms with Crippen molar-refractivity contribution in [1.82, 2.24) is 20.6 Å². The van der Waals surface area contributed by atoms with Crippen LogP contribution in [0.4, 0.5) is 0 Å². The molecule has 0 radical (unpaired) electrons. The highest BCUT2D eigenvalue weighted by atomic mass is 16.7. The van der Waals surface area contributed by atoms with Crippen LogP contribution in [-0.2, 0) is 48.0 Å². The average molecular weight is 579 g/mol. The number of hydrogen-bond donors (Lipinski definition) is 2. The second-order valence-electron chi connectivity index (χ2n) is 10.6. The number of carbonyl (C=O) groups excluding carboxylic acids is 9. The van der Waals surface area contributed by atoms with Crippen molar-refractivity contribution in [3.8, 4) is 0 Å². The number of likely N-dealkylation sites (tertiary alicyclic amines) is 1. The summed E-state index contributed by atoms with van der Waals surface area (Å²) in [4.78, 5) is 113. The lowest BCUT2D eigenvalue weighted by Gasteiger charge is -2.16. The standard InChI is InChI=1S/C27H38N4O10/c1-16(2)20-14-23(36)30(27(20)40)12-4-5-18(32)6-8-22(35)29-15-19(33)7-9-21(34)28-11-10-25(38)41-31-24(37)13-17(3)26(31)39/h16-17,20H,4-15H2,1-3H3,(H,28,34)(H,29,35). The van der Waals surface area contributed by atoms with Gasteiger partial charge in [-0.05, 0) is 12.3 Å². The van der Waals surface area contributed by atoms with Crippen LogP contribution in [0.15, 0.2) is 0 Å². The summed E-state index contributed by atoms with van der Waals surface area (Å²) in [5.74, 6) is -4.93. The van der Waals surface area contributed by atoms with Crippen molar-refractivity contribution >= 4 is 53.0 Å². The van der Waals surface area contributed by atoms with E-state index in [1.54, 1.807) is 6.92 Å². The van der Waals surface area contributed by atoms with Gasteiger partial charge in [-0.3, -0.25) is 43.3 Å². The van der Waals surface area contributed by atoms with E-state index in [9.17, 15) is 43.2 Å². The number of imide groups is 2. The predicted octanol–water partition coefficient (Wildman–Crippen LogP) is -0.0280. The van der Waals surface area contributed by atoms with E-state index >= 15 is 0 Å². The Morgan fingerprint density at radius 2 is 1.44 bits per heavy atom. The Morgan fingerprint density at radius 1 is 0.805 bits per heavy atom. The van der Waals surface area contributed by atoms with Crippen LogP contribution in [0.1, 0.15) is 78.6 Å². The van der Waals surface area contributed by atoms with Gasteiger partial charge in [-0.25, -0.2) is 4.79 Å². The summed E-state index contributed by atoms with van der Waals surface area (Å²) in [6.07, 6.45) is -0.185. The van der Waals surface area contributed by atoms with Gasteiger partial charge in [-0.15, -0.1) is 5.06 Å². The molecule has 2 N–H and O–H groups in total. The fourth-order valence-electron chi connectivity index (χ4n) is 4.29. The second-order valence-corrected chi connectivity index (χ2v) is 10.6. The smallest absolute Gasteiger partial charge is 0.334 e. The second kappa shape index (κ2) is 15.7. The van der Waals surface area contributed by atoms with E-state index in [0.717, 1.165) is 0 Å². The van der Waals surface area contributed by atoms with Crippen LogP contribution >= 0.6 is 0 Å². The molecule has 6 amide bonds. The van der Waals surface area contributed by atoms with Gasteiger partial charge >= 0.3 is 5.97 Å². The van der Waals surface area contributed by atoms with Crippen molar-refractivity contribution in [3.63, 3.8) is 0 Å². The molecular weight excluding hydrogens is 540 g/mol. The normalized spacial score (nSPS) is 18.7. The first kappa shape index (κ1) is 33.2. The van der Waals surface area contributed by atoms with Gasteiger partial charge in [0, 0.05) is 69.9 Å². The Balaban J connectivity index is 1.52. The molecule has 2 aliphatic rings. The number of hydrogen-bond acceptors (Lipinski definition) is 10. The molecule has 2 saturated heterocycles. The fraction of sp³-hybridized carbons (Fsp3) is 0.667. The van der Waals surface area contributed by atoms with Crippen molar-refractivity contribution in [3.05, 3.63) is 0 Å². The van der Waals surface area contributed by atoms with E-state index in [1.165, 1.54) is 4.90 Å². The quantitative estimate of drug-likeness (QED) is 0.221. The van der Waals surface area contributed by atoms with Gasteiger partial charge in [0.1, 0.15) is 5.78 Å². The number of carbonyl (C=O) groups is 9.